The lowest BCUT2D eigenvalue weighted by molar-refractivity contribution is -0.235. The molecular weight excluding hydrogens is 1200 g/mol. The highest BCUT2D eigenvalue weighted by atomic mass is 33.1. The normalized spacial score (nSPS) is 53.5. The fourth-order valence-corrected chi connectivity index (χ4v) is 29.3. The number of carbonyl (C=O) groups is 2. The number of phenols is 1. The molecule has 10 N–H and O–H groups in total. The summed E-state index contributed by atoms with van der Waals surface area (Å²) in [6.45, 7) is 8.01. The predicted octanol–water partition coefficient (Wildman–Crippen LogP) is 8.35. The van der Waals surface area contributed by atoms with E-state index in [4.69, 9.17) is 9.47 Å². The number of hydrogen-bond acceptors (Lipinski definition) is 16. The summed E-state index contributed by atoms with van der Waals surface area (Å²) in [5, 5.41) is 121. The van der Waals surface area contributed by atoms with Gasteiger partial charge in [-0.15, -0.1) is 0 Å². The first-order valence-corrected chi connectivity index (χ1v) is 38.0. The smallest absolute Gasteiger partial charge is 0.235 e. The largest absolute Gasteiger partial charge is 0.508 e. The summed E-state index contributed by atoms with van der Waals surface area (Å²) in [6.07, 6.45) is 28.4. The molecule has 17 heteroatoms. The van der Waals surface area contributed by atoms with Crippen LogP contribution in [0.4, 0.5) is 5.69 Å². The Morgan fingerprint density at radius 2 is 1.65 bits per heavy atom. The van der Waals surface area contributed by atoms with Crippen molar-refractivity contribution in [2.75, 3.05) is 37.0 Å². The number of aliphatic hydroxyl groups excluding tert-OH is 5. The number of epoxide rings is 1. The molecule has 10 aliphatic carbocycles. The number of allylic oxidation sites excluding steroid dienone is 4. The Morgan fingerprint density at radius 3 is 2.46 bits per heavy atom. The Labute approximate surface area is 549 Å². The van der Waals surface area contributed by atoms with Crippen molar-refractivity contribution in [2.45, 2.75) is 207 Å². The fraction of sp³-hybridized carbons (Fsp3) is 0.733. The number of carbonyl (C=O) groups excluding carboxylic acids is 2. The number of ketones is 1. The quantitative estimate of drug-likeness (QED) is 0.0730. The number of benzene rings is 1. The Bertz CT molecular complexity index is 3460. The van der Waals surface area contributed by atoms with E-state index in [1.165, 1.54) is 16.4 Å². The van der Waals surface area contributed by atoms with Crippen LogP contribution in [0.5, 0.6) is 5.75 Å². The van der Waals surface area contributed by atoms with Gasteiger partial charge in [0, 0.05) is 63.2 Å². The number of anilines is 1. The molecule has 1 amide bonds. The van der Waals surface area contributed by atoms with Crippen LogP contribution < -0.4 is 10.2 Å². The number of nitrogens with zero attached hydrogens (tertiary/aromatic N) is 1. The Morgan fingerprint density at radius 1 is 0.837 bits per heavy atom. The van der Waals surface area contributed by atoms with Crippen molar-refractivity contribution < 1.29 is 65.0 Å². The number of nitrogens with one attached hydrogen (secondary N) is 1. The van der Waals surface area contributed by atoms with E-state index >= 15 is 9.59 Å². The summed E-state index contributed by atoms with van der Waals surface area (Å²) in [4.78, 5) is 35.4. The molecule has 9 fully saturated rings. The van der Waals surface area contributed by atoms with Crippen molar-refractivity contribution in [3.8, 4) is 5.75 Å². The lowest BCUT2D eigenvalue weighted by Gasteiger charge is -2.68. The van der Waals surface area contributed by atoms with Crippen LogP contribution in [-0.4, -0.2) is 154 Å². The zero-order chi connectivity index (χ0) is 63.9. The second-order valence-corrected chi connectivity index (χ2v) is 36.1. The van der Waals surface area contributed by atoms with Gasteiger partial charge in [-0.3, -0.25) is 9.59 Å². The molecule has 10 bridgehead atoms. The SMILES string of the molecule is CC(C)C(C)C1OC1C1(O)CC=CC2CC3C4=CC(=O)C5(CC(O)C(O)(CO)CC35C)C(O)SSCC3CCCC5(CO)C=CC6CC(C78C=CC9CCCCC9(N7)C7CC9OCC=CC9=CC7C8)C(O)C67CN(C(=O)C357)c3cc(O)cc(c3)CCC23C1CCC43O. The van der Waals surface area contributed by atoms with E-state index in [0.29, 0.717) is 86.8 Å². The Balaban J connectivity index is 0.836. The third kappa shape index (κ3) is 7.57. The standard InChI is InChI=1S/C75H98N2O13S2/c1-41(2)42(3)60-62(90-60)73(87)20-8-12-47-29-53-54-33-58(81)70(35-59(82)68(86,40-79)37-65(53,70)4)64(85)92-91-36-49-13-7-18-66(39-78)21-15-48-30-55(67-22-16-46-11-5-6-19-72(46,76-67)52-32-56-44(10-9-25-89-56)28-45(52)34-67)61(83)71(48)38-77(63(84)75(49,66)71)50-26-43(27-51(80)31-50)14-23-69(47)57(73)17-24-74(54,69)88/h8-10,12,15-16,21-22,26-28,31,33,41-42,45-49,52-53,55-57,59-62,64,76,78-80,82-83,85-88H,5-7,11,13-14,17-20,23-25,29-30,32,34-40H2,1-4H3. The average molecular weight is 1300 g/mol. The van der Waals surface area contributed by atoms with E-state index in [1.807, 2.05) is 17.9 Å². The average Bonchev–Trinajstić information content (AvgIpc) is 1.44. The van der Waals surface area contributed by atoms with Crippen LogP contribution in [0.25, 0.3) is 0 Å². The molecule has 0 aromatic heterocycles. The molecule has 3 saturated heterocycles. The molecule has 18 aliphatic rings. The molecule has 19 rings (SSSR count). The number of rotatable bonds is 6. The van der Waals surface area contributed by atoms with E-state index < -0.39 is 115 Å². The third-order valence-corrected chi connectivity index (χ3v) is 33.2. The van der Waals surface area contributed by atoms with E-state index in [0.717, 1.165) is 54.9 Å². The molecule has 8 heterocycles. The van der Waals surface area contributed by atoms with Crippen LogP contribution in [0.15, 0.2) is 90.1 Å². The minimum absolute atomic E-state index is 0.0361. The number of aliphatic hydroxyl groups is 8. The number of amides is 1. The van der Waals surface area contributed by atoms with Gasteiger partial charge in [-0.2, -0.15) is 0 Å². The van der Waals surface area contributed by atoms with Gasteiger partial charge < -0.3 is 65.6 Å². The Kier molecular flexibility index (Phi) is 14.1. The summed E-state index contributed by atoms with van der Waals surface area (Å²) in [5.41, 5.74) is -12.5. The minimum Gasteiger partial charge on any atom is -0.508 e. The molecule has 0 radical (unpaired) electrons. The predicted molar refractivity (Wildman–Crippen MR) is 350 cm³/mol. The van der Waals surface area contributed by atoms with Crippen molar-refractivity contribution in [1.82, 2.24) is 5.32 Å². The van der Waals surface area contributed by atoms with Crippen molar-refractivity contribution in [3.63, 3.8) is 0 Å². The van der Waals surface area contributed by atoms with Gasteiger partial charge in [0.05, 0.1) is 60.7 Å². The molecule has 92 heavy (non-hydrogen) atoms. The maximum absolute atomic E-state index is 17.3. The molecule has 27 atom stereocenters. The highest BCUT2D eigenvalue weighted by Gasteiger charge is 2.84. The first kappa shape index (κ1) is 62.4. The molecule has 15 nitrogen and oxygen atoms in total. The van der Waals surface area contributed by atoms with Crippen molar-refractivity contribution in [3.05, 3.63) is 95.7 Å². The summed E-state index contributed by atoms with van der Waals surface area (Å²) in [7, 11) is 2.52. The van der Waals surface area contributed by atoms with Crippen LogP contribution in [-0.2, 0) is 25.5 Å². The summed E-state index contributed by atoms with van der Waals surface area (Å²) in [5.74, 6) is -1.82. The highest BCUT2D eigenvalue weighted by Crippen LogP contribution is 2.80. The van der Waals surface area contributed by atoms with Crippen LogP contribution in [0.2, 0.25) is 0 Å². The van der Waals surface area contributed by atoms with Crippen LogP contribution in [0.3, 0.4) is 0 Å². The zero-order valence-corrected chi connectivity index (χ0v) is 55.6. The second kappa shape index (κ2) is 20.7. The number of ether oxygens (including phenoxy) is 2. The highest BCUT2D eigenvalue weighted by molar-refractivity contribution is 8.76. The molecular formula is C75H98N2O13S2. The number of phenolic OH excluding ortho intramolecular Hbond substituents is 1. The molecule has 6 saturated carbocycles. The van der Waals surface area contributed by atoms with Gasteiger partial charge in [0.25, 0.3) is 0 Å². The second-order valence-electron chi connectivity index (χ2n) is 33.7. The fourth-order valence-electron chi connectivity index (χ4n) is 26.2. The molecule has 1 aromatic rings. The molecule has 5 spiro atoms. The van der Waals surface area contributed by atoms with Gasteiger partial charge in [0.15, 0.2) is 5.78 Å². The number of fused-ring (bicyclic) bond motifs is 4. The van der Waals surface area contributed by atoms with E-state index in [9.17, 15) is 46.0 Å². The Hall–Kier alpha value is -3.14. The van der Waals surface area contributed by atoms with Crippen LogP contribution >= 0.6 is 21.6 Å². The first-order chi connectivity index (χ1) is 43.9. The van der Waals surface area contributed by atoms with E-state index in [2.05, 4.69) is 80.8 Å². The van der Waals surface area contributed by atoms with Crippen LogP contribution in [0.1, 0.15) is 142 Å². The van der Waals surface area contributed by atoms with Gasteiger partial charge >= 0.3 is 0 Å². The maximum Gasteiger partial charge on any atom is 0.235 e. The number of piperidine rings is 1. The minimum atomic E-state index is -2.05. The third-order valence-electron chi connectivity index (χ3n) is 30.5. The number of aromatic hydroxyl groups is 1. The van der Waals surface area contributed by atoms with Crippen molar-refractivity contribution in [2.24, 2.45) is 97.6 Å². The number of aryl methyl sites for hydroxylation is 1. The maximum atomic E-state index is 17.3. The van der Waals surface area contributed by atoms with Gasteiger partial charge in [0.1, 0.15) is 28.5 Å². The van der Waals surface area contributed by atoms with Gasteiger partial charge in [-0.1, -0.05) is 123 Å². The summed E-state index contributed by atoms with van der Waals surface area (Å²) < 4.78 is 13.1. The van der Waals surface area contributed by atoms with E-state index in [1.54, 1.807) is 18.2 Å². The first-order valence-electron chi connectivity index (χ1n) is 35.6. The lowest BCUT2D eigenvalue weighted by Crippen LogP contribution is -2.75. The van der Waals surface area contributed by atoms with Gasteiger partial charge in [-0.25, -0.2) is 0 Å². The molecule has 27 unspecified atom stereocenters. The molecule has 498 valence electrons. The van der Waals surface area contributed by atoms with Gasteiger partial charge in [0.2, 0.25) is 5.91 Å². The van der Waals surface area contributed by atoms with Gasteiger partial charge in [-0.05, 0) is 190 Å². The lowest BCUT2D eigenvalue weighted by atomic mass is 9.38. The summed E-state index contributed by atoms with van der Waals surface area (Å²) >= 11 is 0. The van der Waals surface area contributed by atoms with Crippen molar-refractivity contribution >= 4 is 39.0 Å². The topological polar surface area (TPSA) is 253 Å². The zero-order valence-electron chi connectivity index (χ0n) is 54.0. The molecule has 1 aromatic carbocycles. The van der Waals surface area contributed by atoms with Crippen molar-refractivity contribution in [1.29, 1.82) is 0 Å². The number of hydrogen-bond donors (Lipinski definition) is 10. The monoisotopic (exact) mass is 1300 g/mol. The molecule has 8 aliphatic heterocycles. The van der Waals surface area contributed by atoms with Crippen LogP contribution in [0, 0.1) is 97.6 Å². The van der Waals surface area contributed by atoms with E-state index in [-0.39, 0.29) is 97.8 Å². The summed E-state index contributed by atoms with van der Waals surface area (Å²) in [6, 6.07) is 5.43.